The van der Waals surface area contributed by atoms with Crippen LogP contribution in [0, 0.1) is 12.7 Å². The molecule has 7 nitrogen and oxygen atoms in total. The van der Waals surface area contributed by atoms with Gasteiger partial charge >= 0.3 is 0 Å². The van der Waals surface area contributed by atoms with Gasteiger partial charge in [0.15, 0.2) is 5.65 Å². The summed E-state index contributed by atoms with van der Waals surface area (Å²) in [5, 5.41) is 2.81. The van der Waals surface area contributed by atoms with E-state index in [1.165, 1.54) is 22.9 Å². The van der Waals surface area contributed by atoms with Gasteiger partial charge in [0, 0.05) is 19.7 Å². The van der Waals surface area contributed by atoms with Crippen molar-refractivity contribution in [2.75, 3.05) is 18.1 Å². The molecule has 0 spiro atoms. The molecule has 0 amide bonds. The fourth-order valence-corrected chi connectivity index (χ4v) is 2.36. The lowest BCUT2D eigenvalue weighted by molar-refractivity contribution is 0.631. The normalized spacial score (nSPS) is 11.0. The molecule has 0 saturated carbocycles. The van der Waals surface area contributed by atoms with Gasteiger partial charge in [-0.3, -0.25) is 9.36 Å². The van der Waals surface area contributed by atoms with Crippen LogP contribution < -0.4 is 16.6 Å². The van der Waals surface area contributed by atoms with Crippen LogP contribution >= 0.6 is 0 Å². The van der Waals surface area contributed by atoms with E-state index in [0.717, 1.165) is 0 Å². The third-order valence-electron chi connectivity index (χ3n) is 3.63. The van der Waals surface area contributed by atoms with Crippen molar-refractivity contribution in [2.24, 2.45) is 7.05 Å². The lowest BCUT2D eigenvalue weighted by Crippen LogP contribution is -2.22. The first-order chi connectivity index (χ1) is 10.9. The average molecular weight is 314 g/mol. The predicted molar refractivity (Wildman–Crippen MR) is 86.7 cm³/mol. The molecule has 0 atom stereocenters. The molecule has 3 N–H and O–H groups in total. The minimum absolute atomic E-state index is 0.0312. The molecule has 0 aliphatic carbocycles. The predicted octanol–water partition coefficient (Wildman–Crippen LogP) is 1.46. The number of aromatic nitrogens is 4. The molecule has 8 heteroatoms. The summed E-state index contributed by atoms with van der Waals surface area (Å²) >= 11 is 0. The lowest BCUT2D eigenvalue weighted by atomic mass is 10.0. The van der Waals surface area contributed by atoms with Gasteiger partial charge in [-0.05, 0) is 24.6 Å². The summed E-state index contributed by atoms with van der Waals surface area (Å²) in [5.74, 6) is -0.130. The summed E-state index contributed by atoms with van der Waals surface area (Å²) < 4.78 is 14.9. The van der Waals surface area contributed by atoms with Gasteiger partial charge in [-0.1, -0.05) is 0 Å². The molecule has 0 unspecified atom stereocenters. The average Bonchev–Trinajstić information content (AvgIpc) is 2.54. The van der Waals surface area contributed by atoms with E-state index in [2.05, 4.69) is 20.3 Å². The zero-order valence-corrected chi connectivity index (χ0v) is 12.9. The standard InChI is InChI=1S/C15H15FN6O/c1-7-4-9(16)10(17)5-8(7)12-14(23)22(3)13-11(20-12)6-19-15(18-2)21-13/h4-6H,17H2,1-3H3,(H,18,19,21). The number of hydrogen-bond donors (Lipinski definition) is 2. The number of nitrogen functional groups attached to an aromatic ring is 1. The van der Waals surface area contributed by atoms with Crippen LogP contribution in [0.5, 0.6) is 0 Å². The molecule has 0 aliphatic heterocycles. The second kappa shape index (κ2) is 5.31. The third-order valence-corrected chi connectivity index (χ3v) is 3.63. The zero-order chi connectivity index (χ0) is 16.7. The summed E-state index contributed by atoms with van der Waals surface area (Å²) in [6.07, 6.45) is 1.53. The molecular weight excluding hydrogens is 299 g/mol. The van der Waals surface area contributed by atoms with Crippen LogP contribution in [0.2, 0.25) is 0 Å². The number of fused-ring (bicyclic) bond motifs is 1. The van der Waals surface area contributed by atoms with E-state index in [1.807, 2.05) is 0 Å². The van der Waals surface area contributed by atoms with Crippen molar-refractivity contribution in [2.45, 2.75) is 6.92 Å². The van der Waals surface area contributed by atoms with Crippen LogP contribution in [0.1, 0.15) is 5.56 Å². The first-order valence-corrected chi connectivity index (χ1v) is 6.90. The Labute approximate surface area is 131 Å². The number of anilines is 2. The number of aryl methyl sites for hydroxylation is 2. The molecule has 23 heavy (non-hydrogen) atoms. The minimum atomic E-state index is -0.522. The highest BCUT2D eigenvalue weighted by Crippen LogP contribution is 2.25. The van der Waals surface area contributed by atoms with E-state index in [-0.39, 0.29) is 16.9 Å². The van der Waals surface area contributed by atoms with Gasteiger partial charge in [0.05, 0.1) is 11.9 Å². The van der Waals surface area contributed by atoms with Gasteiger partial charge in [-0.2, -0.15) is 4.98 Å². The minimum Gasteiger partial charge on any atom is -0.396 e. The molecule has 118 valence electrons. The molecule has 3 rings (SSSR count). The van der Waals surface area contributed by atoms with E-state index < -0.39 is 5.82 Å². The summed E-state index contributed by atoms with van der Waals surface area (Å²) in [6, 6.07) is 2.71. The smallest absolute Gasteiger partial charge is 0.278 e. The fourth-order valence-electron chi connectivity index (χ4n) is 2.36. The van der Waals surface area contributed by atoms with E-state index in [4.69, 9.17) is 5.73 Å². The van der Waals surface area contributed by atoms with E-state index in [9.17, 15) is 9.18 Å². The Balaban J connectivity index is 2.34. The maximum absolute atomic E-state index is 13.5. The van der Waals surface area contributed by atoms with Gasteiger partial charge in [-0.15, -0.1) is 0 Å². The van der Waals surface area contributed by atoms with E-state index in [1.54, 1.807) is 21.0 Å². The van der Waals surface area contributed by atoms with Crippen LogP contribution in [0.25, 0.3) is 22.4 Å². The van der Waals surface area contributed by atoms with Crippen molar-refractivity contribution in [3.05, 3.63) is 40.1 Å². The van der Waals surface area contributed by atoms with Crippen molar-refractivity contribution < 1.29 is 4.39 Å². The number of nitrogens with zero attached hydrogens (tertiary/aromatic N) is 4. The maximum atomic E-state index is 13.5. The summed E-state index contributed by atoms with van der Waals surface area (Å²) in [5.41, 5.74) is 7.37. The second-order valence-corrected chi connectivity index (χ2v) is 5.17. The number of rotatable bonds is 2. The number of benzene rings is 1. The highest BCUT2D eigenvalue weighted by Gasteiger charge is 2.16. The van der Waals surface area contributed by atoms with Crippen LogP contribution in [-0.4, -0.2) is 26.6 Å². The van der Waals surface area contributed by atoms with Crippen molar-refractivity contribution in [1.82, 2.24) is 19.5 Å². The van der Waals surface area contributed by atoms with Crippen molar-refractivity contribution in [3.8, 4) is 11.3 Å². The highest BCUT2D eigenvalue weighted by molar-refractivity contribution is 5.76. The number of hydrogen-bond acceptors (Lipinski definition) is 6. The molecule has 2 heterocycles. The Hall–Kier alpha value is -3.03. The SMILES string of the molecule is CNc1ncc2nc(-c3cc(N)c(F)cc3C)c(=O)n(C)c2n1. The summed E-state index contributed by atoms with van der Waals surface area (Å²) in [6.45, 7) is 1.70. The molecule has 0 saturated heterocycles. The topological polar surface area (TPSA) is 98.7 Å². The molecule has 0 aliphatic rings. The van der Waals surface area contributed by atoms with Crippen molar-refractivity contribution in [1.29, 1.82) is 0 Å². The maximum Gasteiger partial charge on any atom is 0.278 e. The summed E-state index contributed by atoms with van der Waals surface area (Å²) in [7, 11) is 3.29. The van der Waals surface area contributed by atoms with Gasteiger partial charge in [0.25, 0.3) is 5.56 Å². The molecule has 0 fully saturated rings. The van der Waals surface area contributed by atoms with E-state index in [0.29, 0.717) is 28.2 Å². The van der Waals surface area contributed by atoms with Gasteiger partial charge < -0.3 is 11.1 Å². The number of nitrogens with two attached hydrogens (primary N) is 1. The third kappa shape index (κ3) is 2.37. The molecule has 0 bridgehead atoms. The zero-order valence-electron chi connectivity index (χ0n) is 12.9. The van der Waals surface area contributed by atoms with Gasteiger partial charge in [-0.25, -0.2) is 14.4 Å². The molecular formula is C15H15FN6O. The Morgan fingerprint density at radius 2 is 2.04 bits per heavy atom. The molecule has 2 aromatic heterocycles. The summed E-state index contributed by atoms with van der Waals surface area (Å²) in [4.78, 5) is 25.3. The van der Waals surface area contributed by atoms with Gasteiger partial charge in [0.1, 0.15) is 17.0 Å². The molecule has 3 aromatic rings. The first-order valence-electron chi connectivity index (χ1n) is 6.90. The van der Waals surface area contributed by atoms with Crippen molar-refractivity contribution >= 4 is 22.8 Å². The Morgan fingerprint density at radius 3 is 2.74 bits per heavy atom. The largest absolute Gasteiger partial charge is 0.396 e. The Kier molecular flexibility index (Phi) is 3.44. The highest BCUT2D eigenvalue weighted by atomic mass is 19.1. The van der Waals surface area contributed by atoms with E-state index >= 15 is 0 Å². The molecule has 0 radical (unpaired) electrons. The lowest BCUT2D eigenvalue weighted by Gasteiger charge is -2.11. The quantitative estimate of drug-likeness (QED) is 0.695. The number of halogens is 1. The monoisotopic (exact) mass is 314 g/mol. The number of nitrogens with one attached hydrogen (secondary N) is 1. The molecule has 1 aromatic carbocycles. The van der Waals surface area contributed by atoms with Crippen LogP contribution in [-0.2, 0) is 7.05 Å². The Morgan fingerprint density at radius 1 is 1.30 bits per heavy atom. The van der Waals surface area contributed by atoms with Crippen LogP contribution in [0.4, 0.5) is 16.0 Å². The van der Waals surface area contributed by atoms with Crippen molar-refractivity contribution in [3.63, 3.8) is 0 Å². The first kappa shape index (κ1) is 14.9. The van der Waals surface area contributed by atoms with Gasteiger partial charge in [0.2, 0.25) is 5.95 Å². The second-order valence-electron chi connectivity index (χ2n) is 5.17. The Bertz CT molecular complexity index is 982. The van der Waals surface area contributed by atoms with Crippen LogP contribution in [0.15, 0.2) is 23.1 Å². The van der Waals surface area contributed by atoms with Crippen LogP contribution in [0.3, 0.4) is 0 Å². The fraction of sp³-hybridized carbons (Fsp3) is 0.200.